The highest BCUT2D eigenvalue weighted by molar-refractivity contribution is 5.85. The molecule has 150 valence electrons. The summed E-state index contributed by atoms with van der Waals surface area (Å²) >= 11 is 0. The Labute approximate surface area is 168 Å². The second-order valence-electron chi connectivity index (χ2n) is 7.69. The van der Waals surface area contributed by atoms with Crippen LogP contribution < -0.4 is 10.5 Å². The van der Waals surface area contributed by atoms with E-state index in [2.05, 4.69) is 30.9 Å². The first-order valence-corrected chi connectivity index (χ1v) is 9.06. The van der Waals surface area contributed by atoms with E-state index in [1.165, 1.54) is 28.6 Å². The van der Waals surface area contributed by atoms with E-state index in [1.807, 2.05) is 24.3 Å². The predicted octanol–water partition coefficient (Wildman–Crippen LogP) is 4.65. The van der Waals surface area contributed by atoms with Crippen LogP contribution in [0.25, 0.3) is 0 Å². The van der Waals surface area contributed by atoms with Gasteiger partial charge < -0.3 is 10.5 Å². The van der Waals surface area contributed by atoms with Crippen molar-refractivity contribution in [1.29, 1.82) is 0 Å². The predicted molar refractivity (Wildman–Crippen MR) is 113 cm³/mol. The molecule has 0 unspecified atom stereocenters. The normalized spacial score (nSPS) is 11.7. The molecule has 2 aromatic carbocycles. The number of hydrogen-bond acceptors (Lipinski definition) is 6. The largest absolute Gasteiger partial charge is 0.457 e. The Kier molecular flexibility index (Phi) is 5.36. The number of aromatic nitrogens is 2. The minimum atomic E-state index is -0.463. The number of nitro groups is 1. The maximum absolute atomic E-state index is 11.2. The summed E-state index contributed by atoms with van der Waals surface area (Å²) in [4.78, 5) is 14.8. The van der Waals surface area contributed by atoms with Crippen molar-refractivity contribution in [2.24, 2.45) is 5.10 Å². The number of benzene rings is 2. The summed E-state index contributed by atoms with van der Waals surface area (Å²) in [6.07, 6.45) is 3.12. The Hall–Kier alpha value is -3.68. The van der Waals surface area contributed by atoms with Crippen molar-refractivity contribution in [3.05, 3.63) is 75.6 Å². The lowest BCUT2D eigenvalue weighted by atomic mass is 9.87. The molecule has 1 aromatic heterocycles. The summed E-state index contributed by atoms with van der Waals surface area (Å²) in [6, 6.07) is 12.1. The number of hydrogen-bond donors (Lipinski definition) is 1. The van der Waals surface area contributed by atoms with Gasteiger partial charge in [-0.3, -0.25) is 10.1 Å². The van der Waals surface area contributed by atoms with Gasteiger partial charge in [0.1, 0.15) is 11.5 Å². The van der Waals surface area contributed by atoms with Crippen LogP contribution in [0.3, 0.4) is 0 Å². The van der Waals surface area contributed by atoms with Gasteiger partial charge >= 0.3 is 0 Å². The fourth-order valence-electron chi connectivity index (χ4n) is 2.71. The summed E-state index contributed by atoms with van der Waals surface area (Å²) in [6.45, 7) is 8.21. The number of nitrogens with two attached hydrogens (primary N) is 1. The molecule has 0 radical (unpaired) electrons. The lowest BCUT2D eigenvalue weighted by Crippen LogP contribution is -2.10. The highest BCUT2D eigenvalue weighted by Crippen LogP contribution is 2.30. The highest BCUT2D eigenvalue weighted by atomic mass is 16.6. The fraction of sp³-hybridized carbons (Fsp3) is 0.238. The van der Waals surface area contributed by atoms with E-state index in [-0.39, 0.29) is 17.1 Å². The number of rotatable bonds is 5. The molecule has 3 aromatic rings. The SMILES string of the molecule is Cc1cn(N=Cc2cc([N+](=O)[O-])ccc2Oc2ccc(C(C)(C)C)cc2)c(N)n1. The van der Waals surface area contributed by atoms with Gasteiger partial charge in [-0.25, -0.2) is 9.66 Å². The van der Waals surface area contributed by atoms with E-state index in [9.17, 15) is 10.1 Å². The van der Waals surface area contributed by atoms with Gasteiger partial charge in [0.25, 0.3) is 5.69 Å². The molecule has 8 nitrogen and oxygen atoms in total. The molecule has 0 amide bonds. The molecule has 0 spiro atoms. The first-order chi connectivity index (χ1) is 13.6. The molecule has 8 heteroatoms. The van der Waals surface area contributed by atoms with Crippen molar-refractivity contribution < 1.29 is 9.66 Å². The summed E-state index contributed by atoms with van der Waals surface area (Å²) in [7, 11) is 0. The smallest absolute Gasteiger partial charge is 0.270 e. The lowest BCUT2D eigenvalue weighted by Gasteiger charge is -2.19. The minimum absolute atomic E-state index is 0.0343. The number of anilines is 1. The lowest BCUT2D eigenvalue weighted by molar-refractivity contribution is -0.384. The summed E-state index contributed by atoms with van der Waals surface area (Å²) < 4.78 is 7.36. The van der Waals surface area contributed by atoms with Crippen molar-refractivity contribution in [2.45, 2.75) is 33.1 Å². The minimum Gasteiger partial charge on any atom is -0.457 e. The van der Waals surface area contributed by atoms with Crippen molar-refractivity contribution in [1.82, 2.24) is 9.66 Å². The van der Waals surface area contributed by atoms with Gasteiger partial charge in [0.2, 0.25) is 5.95 Å². The number of nitrogen functional groups attached to an aromatic ring is 1. The number of ether oxygens (including phenoxy) is 1. The van der Waals surface area contributed by atoms with Gasteiger partial charge in [-0.1, -0.05) is 32.9 Å². The van der Waals surface area contributed by atoms with E-state index >= 15 is 0 Å². The van der Waals surface area contributed by atoms with Crippen molar-refractivity contribution in [2.75, 3.05) is 5.73 Å². The molecule has 0 aliphatic heterocycles. The second-order valence-corrected chi connectivity index (χ2v) is 7.69. The Morgan fingerprint density at radius 2 is 1.90 bits per heavy atom. The zero-order valence-electron chi connectivity index (χ0n) is 16.8. The Morgan fingerprint density at radius 3 is 2.45 bits per heavy atom. The van der Waals surface area contributed by atoms with Crippen LogP contribution in [0.4, 0.5) is 11.6 Å². The monoisotopic (exact) mass is 393 g/mol. The Morgan fingerprint density at radius 1 is 1.21 bits per heavy atom. The molecule has 0 aliphatic carbocycles. The number of imidazole rings is 1. The third kappa shape index (κ3) is 4.78. The number of nitrogens with zero attached hydrogens (tertiary/aromatic N) is 4. The third-order valence-electron chi connectivity index (χ3n) is 4.31. The number of aryl methyl sites for hydroxylation is 1. The van der Waals surface area contributed by atoms with E-state index < -0.39 is 4.92 Å². The molecule has 0 atom stereocenters. The standard InChI is InChI=1S/C21H23N5O3/c1-14-13-25(20(22)24-14)23-12-15-11-17(26(27)28)7-10-19(15)29-18-8-5-16(6-9-18)21(2,3)4/h5-13H,1-4H3,(H2,22,24). The molecule has 1 heterocycles. The van der Waals surface area contributed by atoms with Gasteiger partial charge in [-0.05, 0) is 36.1 Å². The quantitative estimate of drug-likeness (QED) is 0.385. The second kappa shape index (κ2) is 7.75. The zero-order valence-corrected chi connectivity index (χ0v) is 16.8. The highest BCUT2D eigenvalue weighted by Gasteiger charge is 2.15. The van der Waals surface area contributed by atoms with Crippen LogP contribution >= 0.6 is 0 Å². The van der Waals surface area contributed by atoms with Crippen LogP contribution in [-0.2, 0) is 5.41 Å². The number of non-ortho nitro benzene ring substituents is 1. The Balaban J connectivity index is 1.93. The molecule has 0 bridgehead atoms. The molecular weight excluding hydrogens is 370 g/mol. The fourth-order valence-corrected chi connectivity index (χ4v) is 2.71. The van der Waals surface area contributed by atoms with Crippen molar-refractivity contribution in [3.63, 3.8) is 0 Å². The molecule has 3 rings (SSSR count). The van der Waals surface area contributed by atoms with Crippen molar-refractivity contribution in [3.8, 4) is 11.5 Å². The molecule has 0 aliphatic rings. The maximum Gasteiger partial charge on any atom is 0.270 e. The van der Waals surface area contributed by atoms with Crippen LogP contribution in [0.1, 0.15) is 37.6 Å². The van der Waals surface area contributed by atoms with Crippen LogP contribution in [0, 0.1) is 17.0 Å². The van der Waals surface area contributed by atoms with Crippen LogP contribution in [0.2, 0.25) is 0 Å². The van der Waals surface area contributed by atoms with E-state index in [4.69, 9.17) is 10.5 Å². The topological polar surface area (TPSA) is 109 Å². The van der Waals surface area contributed by atoms with Crippen molar-refractivity contribution >= 4 is 17.9 Å². The maximum atomic E-state index is 11.2. The van der Waals surface area contributed by atoms with E-state index in [0.717, 1.165) is 0 Å². The van der Waals surface area contributed by atoms with Gasteiger partial charge in [-0.15, -0.1) is 0 Å². The number of nitro benzene ring substituents is 1. The summed E-state index contributed by atoms with van der Waals surface area (Å²) in [5, 5.41) is 15.4. The molecule has 29 heavy (non-hydrogen) atoms. The third-order valence-corrected chi connectivity index (χ3v) is 4.31. The molecule has 0 saturated carbocycles. The molecule has 0 saturated heterocycles. The average molecular weight is 393 g/mol. The molecule has 2 N–H and O–H groups in total. The van der Waals surface area contributed by atoms with Crippen LogP contribution in [0.15, 0.2) is 53.8 Å². The average Bonchev–Trinajstić information content (AvgIpc) is 2.97. The van der Waals surface area contributed by atoms with Crippen LogP contribution in [-0.4, -0.2) is 20.8 Å². The first-order valence-electron chi connectivity index (χ1n) is 9.06. The first kappa shape index (κ1) is 20.1. The van der Waals surface area contributed by atoms with Gasteiger partial charge in [0, 0.05) is 17.7 Å². The summed E-state index contributed by atoms with van der Waals surface area (Å²) in [5.41, 5.74) is 8.12. The molecular formula is C21H23N5O3. The van der Waals surface area contributed by atoms with E-state index in [1.54, 1.807) is 19.2 Å². The van der Waals surface area contributed by atoms with Gasteiger partial charge in [-0.2, -0.15) is 5.10 Å². The van der Waals surface area contributed by atoms with E-state index in [0.29, 0.717) is 22.8 Å². The molecule has 0 fully saturated rings. The summed E-state index contributed by atoms with van der Waals surface area (Å²) in [5.74, 6) is 1.29. The van der Waals surface area contributed by atoms with Gasteiger partial charge in [0.15, 0.2) is 0 Å². The van der Waals surface area contributed by atoms with Crippen LogP contribution in [0.5, 0.6) is 11.5 Å². The zero-order chi connectivity index (χ0) is 21.2. The van der Waals surface area contributed by atoms with Gasteiger partial charge in [0.05, 0.1) is 23.0 Å². The Bertz CT molecular complexity index is 1060.